The molecule has 3 rings (SSSR count). The van der Waals surface area contributed by atoms with Gasteiger partial charge in [-0.05, 0) is 43.5 Å². The van der Waals surface area contributed by atoms with Gasteiger partial charge in [-0.3, -0.25) is 4.90 Å². The summed E-state index contributed by atoms with van der Waals surface area (Å²) in [5.74, 6) is 0. The van der Waals surface area contributed by atoms with E-state index in [1.165, 1.54) is 24.8 Å². The molecule has 0 saturated carbocycles. The van der Waals surface area contributed by atoms with Gasteiger partial charge in [0, 0.05) is 6.04 Å². The Balaban J connectivity index is 1.81. The Labute approximate surface area is 133 Å². The van der Waals surface area contributed by atoms with Crippen LogP contribution in [0.3, 0.4) is 0 Å². The predicted octanol–water partition coefficient (Wildman–Crippen LogP) is 3.82. The Morgan fingerprint density at radius 2 is 1.41 bits per heavy atom. The van der Waals surface area contributed by atoms with Crippen LogP contribution in [0.1, 0.15) is 36.5 Å². The lowest BCUT2D eigenvalue weighted by Gasteiger charge is -2.37. The van der Waals surface area contributed by atoms with Crippen LogP contribution in [0, 0.1) is 0 Å². The average Bonchev–Trinajstić information content (AvgIpc) is 2.61. The zero-order valence-electron chi connectivity index (χ0n) is 13.1. The molecule has 22 heavy (non-hydrogen) atoms. The van der Waals surface area contributed by atoms with E-state index in [4.69, 9.17) is 0 Å². The van der Waals surface area contributed by atoms with Crippen LogP contribution in [-0.4, -0.2) is 29.1 Å². The molecule has 1 fully saturated rings. The number of nitrogens with zero attached hydrogens (tertiary/aromatic N) is 1. The second kappa shape index (κ2) is 7.57. The van der Waals surface area contributed by atoms with Gasteiger partial charge >= 0.3 is 0 Å². The summed E-state index contributed by atoms with van der Waals surface area (Å²) >= 11 is 0. The molecular formula is C20H25NO. The summed E-state index contributed by atoms with van der Waals surface area (Å²) in [7, 11) is 0. The van der Waals surface area contributed by atoms with Gasteiger partial charge in [0.05, 0.1) is 6.10 Å². The molecule has 0 aliphatic carbocycles. The lowest BCUT2D eigenvalue weighted by atomic mass is 9.93. The molecule has 0 bridgehead atoms. The van der Waals surface area contributed by atoms with Gasteiger partial charge in [-0.1, -0.05) is 67.1 Å². The zero-order valence-corrected chi connectivity index (χ0v) is 13.1. The fourth-order valence-corrected chi connectivity index (χ4v) is 3.42. The maximum Gasteiger partial charge on any atom is 0.0948 e. The van der Waals surface area contributed by atoms with Crippen LogP contribution in [0.2, 0.25) is 0 Å². The van der Waals surface area contributed by atoms with Crippen LogP contribution >= 0.6 is 0 Å². The first-order valence-corrected chi connectivity index (χ1v) is 8.35. The van der Waals surface area contributed by atoms with Crippen molar-refractivity contribution in [1.29, 1.82) is 0 Å². The molecule has 0 amide bonds. The van der Waals surface area contributed by atoms with Gasteiger partial charge in [0.2, 0.25) is 0 Å². The molecule has 1 aliphatic heterocycles. The normalized spacial score (nSPS) is 18.8. The molecule has 2 aromatic carbocycles. The third-order valence-corrected chi connectivity index (χ3v) is 4.65. The second-order valence-electron chi connectivity index (χ2n) is 6.21. The molecule has 1 heterocycles. The molecule has 2 nitrogen and oxygen atoms in total. The maximum absolute atomic E-state index is 11.0. The van der Waals surface area contributed by atoms with E-state index >= 15 is 0 Å². The quantitative estimate of drug-likeness (QED) is 0.906. The maximum atomic E-state index is 11.0. The van der Waals surface area contributed by atoms with Crippen LogP contribution in [0.4, 0.5) is 0 Å². The Bertz CT molecular complexity index is 548. The largest absolute Gasteiger partial charge is 0.387 e. The van der Waals surface area contributed by atoms with Crippen molar-refractivity contribution in [2.45, 2.75) is 37.8 Å². The molecule has 0 unspecified atom stereocenters. The van der Waals surface area contributed by atoms with Crippen LogP contribution in [0.25, 0.3) is 0 Å². The Hall–Kier alpha value is -1.64. The number of aliphatic hydroxyl groups is 1. The molecule has 0 aromatic heterocycles. The first kappa shape index (κ1) is 15.3. The molecule has 1 N–H and O–H groups in total. The van der Waals surface area contributed by atoms with Crippen molar-refractivity contribution in [3.63, 3.8) is 0 Å². The molecular weight excluding hydrogens is 270 g/mol. The van der Waals surface area contributed by atoms with E-state index in [0.717, 1.165) is 25.1 Å². The molecule has 1 saturated heterocycles. The summed E-state index contributed by atoms with van der Waals surface area (Å²) in [5.41, 5.74) is 2.32. The molecule has 2 aromatic rings. The number of likely N-dealkylation sites (tertiary alicyclic amines) is 1. The standard InChI is InChI=1S/C20H25NO/c22-20(18-12-6-2-7-13-18)19(21-14-8-3-9-15-21)16-17-10-4-1-5-11-17/h1-2,4-7,10-13,19-20,22H,3,8-9,14-16H2/t19-,20+/m1/s1. The summed E-state index contributed by atoms with van der Waals surface area (Å²) in [6, 6.07) is 20.8. The highest BCUT2D eigenvalue weighted by molar-refractivity contribution is 5.22. The average molecular weight is 295 g/mol. The summed E-state index contributed by atoms with van der Waals surface area (Å²) in [5, 5.41) is 11.0. The summed E-state index contributed by atoms with van der Waals surface area (Å²) < 4.78 is 0. The highest BCUT2D eigenvalue weighted by Crippen LogP contribution is 2.26. The number of benzene rings is 2. The van der Waals surface area contributed by atoms with Gasteiger partial charge in [-0.2, -0.15) is 0 Å². The summed E-state index contributed by atoms with van der Waals surface area (Å²) in [6.45, 7) is 2.20. The van der Waals surface area contributed by atoms with Crippen molar-refractivity contribution < 1.29 is 5.11 Å². The van der Waals surface area contributed by atoms with Crippen molar-refractivity contribution in [3.8, 4) is 0 Å². The highest BCUT2D eigenvalue weighted by atomic mass is 16.3. The minimum Gasteiger partial charge on any atom is -0.387 e. The zero-order chi connectivity index (χ0) is 15.2. The van der Waals surface area contributed by atoms with Crippen molar-refractivity contribution in [2.24, 2.45) is 0 Å². The minimum absolute atomic E-state index is 0.157. The molecule has 116 valence electrons. The number of hydrogen-bond donors (Lipinski definition) is 1. The van der Waals surface area contributed by atoms with E-state index in [2.05, 4.69) is 29.2 Å². The van der Waals surface area contributed by atoms with Gasteiger partial charge in [0.1, 0.15) is 0 Å². The number of rotatable bonds is 5. The summed E-state index contributed by atoms with van der Waals surface area (Å²) in [4.78, 5) is 2.48. The fourth-order valence-electron chi connectivity index (χ4n) is 3.42. The fraction of sp³-hybridized carbons (Fsp3) is 0.400. The second-order valence-corrected chi connectivity index (χ2v) is 6.21. The van der Waals surface area contributed by atoms with E-state index in [1.807, 2.05) is 36.4 Å². The van der Waals surface area contributed by atoms with E-state index in [1.54, 1.807) is 0 Å². The molecule has 1 aliphatic rings. The van der Waals surface area contributed by atoms with Crippen molar-refractivity contribution in [1.82, 2.24) is 4.90 Å². The number of piperidine rings is 1. The predicted molar refractivity (Wildman–Crippen MR) is 90.8 cm³/mol. The van der Waals surface area contributed by atoms with Gasteiger partial charge in [-0.15, -0.1) is 0 Å². The highest BCUT2D eigenvalue weighted by Gasteiger charge is 2.28. The van der Waals surface area contributed by atoms with Gasteiger partial charge in [-0.25, -0.2) is 0 Å². The SMILES string of the molecule is O[C@@H](c1ccccc1)[C@@H](Cc1ccccc1)N1CCCCC1. The third-order valence-electron chi connectivity index (χ3n) is 4.65. The molecule has 0 spiro atoms. The van der Waals surface area contributed by atoms with Gasteiger partial charge in [0.15, 0.2) is 0 Å². The molecule has 2 heteroatoms. The van der Waals surface area contributed by atoms with Crippen LogP contribution < -0.4 is 0 Å². The summed E-state index contributed by atoms with van der Waals surface area (Å²) in [6.07, 6.45) is 4.27. The van der Waals surface area contributed by atoms with E-state index in [-0.39, 0.29) is 6.04 Å². The van der Waals surface area contributed by atoms with Gasteiger partial charge < -0.3 is 5.11 Å². The first-order valence-electron chi connectivity index (χ1n) is 8.35. The van der Waals surface area contributed by atoms with Crippen LogP contribution in [0.15, 0.2) is 60.7 Å². The number of aliphatic hydroxyl groups excluding tert-OH is 1. The first-order chi connectivity index (χ1) is 10.8. The monoisotopic (exact) mass is 295 g/mol. The Kier molecular flexibility index (Phi) is 5.25. The van der Waals surface area contributed by atoms with Crippen molar-refractivity contribution in [3.05, 3.63) is 71.8 Å². The smallest absolute Gasteiger partial charge is 0.0948 e. The molecule has 2 atom stereocenters. The number of hydrogen-bond acceptors (Lipinski definition) is 2. The van der Waals surface area contributed by atoms with Gasteiger partial charge in [0.25, 0.3) is 0 Å². The Morgan fingerprint density at radius 1 is 0.818 bits per heavy atom. The van der Waals surface area contributed by atoms with E-state index in [9.17, 15) is 5.11 Å². The van der Waals surface area contributed by atoms with Crippen LogP contribution in [-0.2, 0) is 6.42 Å². The van der Waals surface area contributed by atoms with E-state index in [0.29, 0.717) is 0 Å². The Morgan fingerprint density at radius 3 is 2.05 bits per heavy atom. The van der Waals surface area contributed by atoms with Crippen molar-refractivity contribution >= 4 is 0 Å². The minimum atomic E-state index is -0.431. The lowest BCUT2D eigenvalue weighted by molar-refractivity contribution is 0.0373. The molecule has 0 radical (unpaired) electrons. The lowest BCUT2D eigenvalue weighted by Crippen LogP contribution is -2.44. The van der Waals surface area contributed by atoms with E-state index < -0.39 is 6.10 Å². The third kappa shape index (κ3) is 3.76. The van der Waals surface area contributed by atoms with Crippen LogP contribution in [0.5, 0.6) is 0 Å². The topological polar surface area (TPSA) is 23.5 Å². The van der Waals surface area contributed by atoms with Crippen molar-refractivity contribution in [2.75, 3.05) is 13.1 Å².